The van der Waals surface area contributed by atoms with Gasteiger partial charge in [0.05, 0.1) is 0 Å². The van der Waals surface area contributed by atoms with Gasteiger partial charge in [-0.2, -0.15) is 0 Å². The number of hydrogen-bond donors (Lipinski definition) is 1. The molecule has 3 aromatic carbocycles. The first-order chi connectivity index (χ1) is 12.2. The number of ether oxygens (including phenoxy) is 1. The van der Waals surface area contributed by atoms with Crippen LogP contribution >= 0.6 is 15.9 Å². The Hall–Kier alpha value is -2.10. The summed E-state index contributed by atoms with van der Waals surface area (Å²) < 4.78 is 7.12. The highest BCUT2D eigenvalue weighted by atomic mass is 79.9. The zero-order valence-electron chi connectivity index (χ0n) is 14.3. The van der Waals surface area contributed by atoms with Crippen LogP contribution in [0, 0.1) is 6.92 Å². The van der Waals surface area contributed by atoms with Crippen molar-refractivity contribution < 1.29 is 4.74 Å². The first-order valence-corrected chi connectivity index (χ1v) is 9.21. The number of halogens is 1. The van der Waals surface area contributed by atoms with Crippen LogP contribution in [0.5, 0.6) is 5.75 Å². The van der Waals surface area contributed by atoms with E-state index in [0.717, 1.165) is 28.9 Å². The molecule has 0 aliphatic rings. The lowest BCUT2D eigenvalue weighted by Crippen LogP contribution is -2.13. The number of benzene rings is 3. The molecule has 0 saturated heterocycles. The second-order valence-electron chi connectivity index (χ2n) is 6.12. The summed E-state index contributed by atoms with van der Waals surface area (Å²) in [6.45, 7) is 4.27. The monoisotopic (exact) mass is 395 g/mol. The first kappa shape index (κ1) is 17.7. The molecular formula is C22H22BrNO. The predicted molar refractivity (Wildman–Crippen MR) is 107 cm³/mol. The lowest BCUT2D eigenvalue weighted by Gasteiger charge is -2.13. The van der Waals surface area contributed by atoms with Crippen molar-refractivity contribution in [1.29, 1.82) is 0 Å². The van der Waals surface area contributed by atoms with Crippen LogP contribution in [0.1, 0.15) is 22.3 Å². The molecule has 0 aromatic heterocycles. The highest BCUT2D eigenvalue weighted by molar-refractivity contribution is 9.10. The van der Waals surface area contributed by atoms with E-state index in [1.54, 1.807) is 0 Å². The van der Waals surface area contributed by atoms with Gasteiger partial charge in [-0.15, -0.1) is 0 Å². The molecule has 0 fully saturated rings. The fourth-order valence-corrected chi connectivity index (χ4v) is 3.02. The van der Waals surface area contributed by atoms with Crippen molar-refractivity contribution in [2.45, 2.75) is 26.6 Å². The molecule has 25 heavy (non-hydrogen) atoms. The van der Waals surface area contributed by atoms with Gasteiger partial charge in [-0.1, -0.05) is 76.1 Å². The highest BCUT2D eigenvalue weighted by Crippen LogP contribution is 2.24. The Morgan fingerprint density at radius 3 is 2.36 bits per heavy atom. The molecule has 0 aliphatic carbocycles. The molecule has 2 nitrogen and oxygen atoms in total. The van der Waals surface area contributed by atoms with Crippen molar-refractivity contribution in [3.63, 3.8) is 0 Å². The maximum Gasteiger partial charge on any atom is 0.124 e. The van der Waals surface area contributed by atoms with Crippen LogP contribution in [0.2, 0.25) is 0 Å². The van der Waals surface area contributed by atoms with Gasteiger partial charge < -0.3 is 10.1 Å². The van der Waals surface area contributed by atoms with E-state index in [4.69, 9.17) is 4.74 Å². The Morgan fingerprint density at radius 1 is 0.840 bits per heavy atom. The third-order valence-electron chi connectivity index (χ3n) is 4.02. The van der Waals surface area contributed by atoms with E-state index in [9.17, 15) is 0 Å². The van der Waals surface area contributed by atoms with Gasteiger partial charge in [0.2, 0.25) is 0 Å². The number of hydrogen-bond acceptors (Lipinski definition) is 2. The minimum absolute atomic E-state index is 0.577. The lowest BCUT2D eigenvalue weighted by molar-refractivity contribution is 0.302. The molecule has 0 amide bonds. The molecule has 0 atom stereocenters. The molecule has 0 radical (unpaired) electrons. The molecule has 3 rings (SSSR count). The smallest absolute Gasteiger partial charge is 0.124 e. The topological polar surface area (TPSA) is 21.3 Å². The van der Waals surface area contributed by atoms with Crippen LogP contribution in [0.15, 0.2) is 77.3 Å². The molecule has 0 saturated carbocycles. The average molecular weight is 396 g/mol. The predicted octanol–water partition coefficient (Wildman–Crippen LogP) is 5.63. The maximum absolute atomic E-state index is 6.06. The second-order valence-corrected chi connectivity index (χ2v) is 7.03. The normalized spacial score (nSPS) is 10.6. The van der Waals surface area contributed by atoms with Crippen molar-refractivity contribution in [1.82, 2.24) is 5.32 Å². The Kier molecular flexibility index (Phi) is 6.26. The van der Waals surface area contributed by atoms with E-state index < -0.39 is 0 Å². The Morgan fingerprint density at radius 2 is 1.60 bits per heavy atom. The number of rotatable bonds is 7. The molecule has 1 N–H and O–H groups in total. The molecule has 0 spiro atoms. The van der Waals surface area contributed by atoms with E-state index >= 15 is 0 Å². The van der Waals surface area contributed by atoms with Crippen molar-refractivity contribution in [3.8, 4) is 5.75 Å². The lowest BCUT2D eigenvalue weighted by atomic mass is 10.1. The summed E-state index contributed by atoms with van der Waals surface area (Å²) in [6.07, 6.45) is 0. The van der Waals surface area contributed by atoms with Crippen LogP contribution in [-0.2, 0) is 19.7 Å². The van der Waals surface area contributed by atoms with E-state index in [0.29, 0.717) is 6.61 Å². The Balaban J connectivity index is 1.62. The van der Waals surface area contributed by atoms with E-state index in [-0.39, 0.29) is 0 Å². The van der Waals surface area contributed by atoms with Gasteiger partial charge in [-0.25, -0.2) is 0 Å². The molecule has 0 heterocycles. The second kappa shape index (κ2) is 8.84. The van der Waals surface area contributed by atoms with E-state index in [1.807, 2.05) is 18.2 Å². The first-order valence-electron chi connectivity index (χ1n) is 8.42. The summed E-state index contributed by atoms with van der Waals surface area (Å²) in [5.74, 6) is 0.921. The van der Waals surface area contributed by atoms with E-state index in [2.05, 4.69) is 82.8 Å². The maximum atomic E-state index is 6.06. The van der Waals surface area contributed by atoms with Gasteiger partial charge in [0.15, 0.2) is 0 Å². The van der Waals surface area contributed by atoms with Gasteiger partial charge in [-0.3, -0.25) is 0 Å². The van der Waals surface area contributed by atoms with Gasteiger partial charge in [0.1, 0.15) is 12.4 Å². The van der Waals surface area contributed by atoms with Crippen molar-refractivity contribution in [3.05, 3.63) is 99.5 Å². The minimum Gasteiger partial charge on any atom is -0.489 e. The number of nitrogens with one attached hydrogen (secondary N) is 1. The third-order valence-corrected chi connectivity index (χ3v) is 4.52. The van der Waals surface area contributed by atoms with Crippen molar-refractivity contribution >= 4 is 15.9 Å². The molecule has 128 valence electrons. The summed E-state index contributed by atoms with van der Waals surface area (Å²) in [6, 6.07) is 25.0. The standard InChI is InChI=1S/C22H22BrNO/c1-17-7-9-19(10-8-17)16-25-22-12-11-21(23)13-20(22)15-24-14-18-5-3-2-4-6-18/h2-13,24H,14-16H2,1H3. The Bertz CT molecular complexity index is 800. The van der Waals surface area contributed by atoms with Crippen LogP contribution in [0.4, 0.5) is 0 Å². The van der Waals surface area contributed by atoms with Gasteiger partial charge in [-0.05, 0) is 36.2 Å². The summed E-state index contributed by atoms with van der Waals surface area (Å²) in [4.78, 5) is 0. The summed E-state index contributed by atoms with van der Waals surface area (Å²) in [5, 5.41) is 3.49. The minimum atomic E-state index is 0.577. The molecule has 3 heteroatoms. The van der Waals surface area contributed by atoms with Crippen molar-refractivity contribution in [2.75, 3.05) is 0 Å². The van der Waals surface area contributed by atoms with Crippen LogP contribution in [0.3, 0.4) is 0 Å². The zero-order chi connectivity index (χ0) is 17.5. The highest BCUT2D eigenvalue weighted by Gasteiger charge is 2.05. The third kappa shape index (κ3) is 5.45. The van der Waals surface area contributed by atoms with Gasteiger partial charge in [0, 0.05) is 23.1 Å². The van der Waals surface area contributed by atoms with Crippen LogP contribution < -0.4 is 10.1 Å². The molecule has 0 bridgehead atoms. The van der Waals surface area contributed by atoms with Crippen LogP contribution in [-0.4, -0.2) is 0 Å². The Labute approximate surface area is 158 Å². The quantitative estimate of drug-likeness (QED) is 0.559. The largest absolute Gasteiger partial charge is 0.489 e. The SMILES string of the molecule is Cc1ccc(COc2ccc(Br)cc2CNCc2ccccc2)cc1. The van der Waals surface area contributed by atoms with E-state index in [1.165, 1.54) is 16.7 Å². The summed E-state index contributed by atoms with van der Waals surface area (Å²) in [5.41, 5.74) is 4.87. The fourth-order valence-electron chi connectivity index (χ4n) is 2.61. The van der Waals surface area contributed by atoms with Gasteiger partial charge >= 0.3 is 0 Å². The van der Waals surface area contributed by atoms with Crippen LogP contribution in [0.25, 0.3) is 0 Å². The molecule has 0 aliphatic heterocycles. The molecule has 3 aromatic rings. The molecular weight excluding hydrogens is 374 g/mol. The fraction of sp³-hybridized carbons (Fsp3) is 0.182. The summed E-state index contributed by atoms with van der Waals surface area (Å²) >= 11 is 3.55. The van der Waals surface area contributed by atoms with Gasteiger partial charge in [0.25, 0.3) is 0 Å². The molecule has 0 unspecified atom stereocenters. The zero-order valence-corrected chi connectivity index (χ0v) is 15.9. The summed E-state index contributed by atoms with van der Waals surface area (Å²) in [7, 11) is 0. The average Bonchev–Trinajstić information content (AvgIpc) is 2.63. The van der Waals surface area contributed by atoms with Crippen molar-refractivity contribution in [2.24, 2.45) is 0 Å². The number of aryl methyl sites for hydroxylation is 1.